The van der Waals surface area contributed by atoms with E-state index in [0.29, 0.717) is 28.7 Å². The van der Waals surface area contributed by atoms with Crippen LogP contribution in [0.4, 0.5) is 0 Å². The van der Waals surface area contributed by atoms with Crippen molar-refractivity contribution in [3.8, 4) is 23.1 Å². The van der Waals surface area contributed by atoms with E-state index < -0.39 is 18.3 Å². The molecule has 0 radical (unpaired) electrons. The predicted octanol–water partition coefficient (Wildman–Crippen LogP) is 3.65. The van der Waals surface area contributed by atoms with Crippen LogP contribution in [0.5, 0.6) is 23.1 Å². The molecule has 2 aromatic heterocycles. The van der Waals surface area contributed by atoms with Crippen molar-refractivity contribution in [2.75, 3.05) is 6.79 Å². The Kier molecular flexibility index (Phi) is 3.66. The molecule has 0 saturated carbocycles. The van der Waals surface area contributed by atoms with Gasteiger partial charge in [0.1, 0.15) is 5.58 Å². The highest BCUT2D eigenvalue weighted by molar-refractivity contribution is 6.63. The minimum absolute atomic E-state index is 0.103. The standard InChI is InChI=1S/C20H20BNO6/c1-19(2)20(3,4)28-21(27-19)13-5-6-15(17-16(13)24-11-25-17)26-18-12-8-10-23-14(12)7-9-22-18/h5-10H,11H2,1-4H3. The number of aromatic nitrogens is 1. The van der Waals surface area contributed by atoms with Gasteiger partial charge in [-0.3, -0.25) is 0 Å². The topological polar surface area (TPSA) is 72.2 Å². The van der Waals surface area contributed by atoms with E-state index >= 15 is 0 Å². The third-order valence-electron chi connectivity index (χ3n) is 5.57. The molecule has 2 aliphatic rings. The van der Waals surface area contributed by atoms with Crippen molar-refractivity contribution < 1.29 is 27.9 Å². The first kappa shape index (κ1) is 17.4. The van der Waals surface area contributed by atoms with Crippen LogP contribution >= 0.6 is 0 Å². The van der Waals surface area contributed by atoms with E-state index in [4.69, 9.17) is 27.9 Å². The van der Waals surface area contributed by atoms with E-state index in [2.05, 4.69) is 4.98 Å². The Hall–Kier alpha value is -2.71. The van der Waals surface area contributed by atoms with Gasteiger partial charge in [0, 0.05) is 11.7 Å². The molecule has 1 fully saturated rings. The van der Waals surface area contributed by atoms with Crippen LogP contribution in [0.3, 0.4) is 0 Å². The Morgan fingerprint density at radius 1 is 0.964 bits per heavy atom. The molecule has 5 rings (SSSR count). The Balaban J connectivity index is 1.51. The Morgan fingerprint density at radius 2 is 1.71 bits per heavy atom. The quantitative estimate of drug-likeness (QED) is 0.642. The van der Waals surface area contributed by atoms with Gasteiger partial charge in [-0.05, 0) is 45.9 Å². The Labute approximate surface area is 162 Å². The van der Waals surface area contributed by atoms with Gasteiger partial charge < -0.3 is 27.9 Å². The van der Waals surface area contributed by atoms with Crippen molar-refractivity contribution in [1.82, 2.24) is 4.98 Å². The summed E-state index contributed by atoms with van der Waals surface area (Å²) < 4.78 is 35.2. The normalized spacial score (nSPS) is 19.4. The molecule has 1 saturated heterocycles. The summed E-state index contributed by atoms with van der Waals surface area (Å²) >= 11 is 0. The van der Waals surface area contributed by atoms with Gasteiger partial charge in [0.15, 0.2) is 11.5 Å². The van der Waals surface area contributed by atoms with Gasteiger partial charge >= 0.3 is 7.12 Å². The molecule has 1 aromatic carbocycles. The molecule has 3 aromatic rings. The summed E-state index contributed by atoms with van der Waals surface area (Å²) in [4.78, 5) is 4.31. The largest absolute Gasteiger partial charge is 0.498 e. The summed E-state index contributed by atoms with van der Waals surface area (Å²) in [6.45, 7) is 8.16. The number of benzene rings is 1. The predicted molar refractivity (Wildman–Crippen MR) is 102 cm³/mol. The number of rotatable bonds is 3. The Bertz CT molecular complexity index is 1040. The SMILES string of the molecule is CC1(C)OB(c2ccc(Oc3nccc4occc34)c3c2OCO3)OC1(C)C. The lowest BCUT2D eigenvalue weighted by molar-refractivity contribution is 0.00578. The molecule has 2 aliphatic heterocycles. The average molecular weight is 381 g/mol. The second-order valence-corrected chi connectivity index (χ2v) is 7.86. The van der Waals surface area contributed by atoms with Gasteiger partial charge in [-0.2, -0.15) is 0 Å². The van der Waals surface area contributed by atoms with Crippen LogP contribution in [-0.2, 0) is 9.31 Å². The molecule has 0 bridgehead atoms. The number of hydrogen-bond donors (Lipinski definition) is 0. The van der Waals surface area contributed by atoms with Gasteiger partial charge in [0.25, 0.3) is 0 Å². The number of hydrogen-bond acceptors (Lipinski definition) is 7. The van der Waals surface area contributed by atoms with Crippen molar-refractivity contribution in [2.24, 2.45) is 0 Å². The summed E-state index contributed by atoms with van der Waals surface area (Å²) in [5, 5.41) is 0.783. The summed E-state index contributed by atoms with van der Waals surface area (Å²) in [6.07, 6.45) is 3.24. The molecule has 8 heteroatoms. The van der Waals surface area contributed by atoms with Gasteiger partial charge in [0.05, 0.1) is 22.9 Å². The lowest BCUT2D eigenvalue weighted by atomic mass is 9.78. The van der Waals surface area contributed by atoms with Crippen molar-refractivity contribution in [1.29, 1.82) is 0 Å². The van der Waals surface area contributed by atoms with Crippen LogP contribution in [0.15, 0.2) is 41.1 Å². The van der Waals surface area contributed by atoms with Crippen LogP contribution in [0.2, 0.25) is 0 Å². The molecular weight excluding hydrogens is 361 g/mol. The van der Waals surface area contributed by atoms with Crippen molar-refractivity contribution in [3.05, 3.63) is 36.7 Å². The summed E-state index contributed by atoms with van der Waals surface area (Å²) in [5.74, 6) is 2.02. The number of pyridine rings is 1. The van der Waals surface area contributed by atoms with Crippen LogP contribution < -0.4 is 19.7 Å². The number of ether oxygens (including phenoxy) is 3. The monoisotopic (exact) mass is 381 g/mol. The highest BCUT2D eigenvalue weighted by atomic mass is 16.7. The second-order valence-electron chi connectivity index (χ2n) is 7.86. The first-order chi connectivity index (χ1) is 13.4. The first-order valence-electron chi connectivity index (χ1n) is 9.14. The zero-order valence-corrected chi connectivity index (χ0v) is 16.1. The summed E-state index contributed by atoms with van der Waals surface area (Å²) in [7, 11) is -0.551. The fourth-order valence-corrected chi connectivity index (χ4v) is 3.28. The molecule has 7 nitrogen and oxygen atoms in total. The van der Waals surface area contributed by atoms with E-state index in [1.807, 2.05) is 45.9 Å². The van der Waals surface area contributed by atoms with Crippen LogP contribution in [0.1, 0.15) is 27.7 Å². The van der Waals surface area contributed by atoms with Crippen LogP contribution in [0, 0.1) is 0 Å². The smallest absolute Gasteiger partial charge is 0.464 e. The summed E-state index contributed by atoms with van der Waals surface area (Å²) in [5.41, 5.74) is 0.584. The maximum atomic E-state index is 6.16. The van der Waals surface area contributed by atoms with Crippen LogP contribution in [-0.4, -0.2) is 30.1 Å². The highest BCUT2D eigenvalue weighted by Gasteiger charge is 2.53. The minimum atomic E-state index is -0.551. The maximum Gasteiger partial charge on any atom is 0.498 e. The van der Waals surface area contributed by atoms with E-state index in [9.17, 15) is 0 Å². The molecule has 0 N–H and O–H groups in total. The van der Waals surface area contributed by atoms with E-state index in [0.717, 1.165) is 10.8 Å². The molecule has 4 heterocycles. The third-order valence-corrected chi connectivity index (χ3v) is 5.57. The van der Waals surface area contributed by atoms with E-state index in [1.54, 1.807) is 18.5 Å². The van der Waals surface area contributed by atoms with Gasteiger partial charge in [0.2, 0.25) is 18.4 Å². The number of nitrogens with zero attached hydrogens (tertiary/aromatic N) is 1. The molecule has 0 amide bonds. The second kappa shape index (κ2) is 5.89. The first-order valence-corrected chi connectivity index (χ1v) is 9.14. The minimum Gasteiger partial charge on any atom is -0.464 e. The lowest BCUT2D eigenvalue weighted by Gasteiger charge is -2.32. The lowest BCUT2D eigenvalue weighted by Crippen LogP contribution is -2.41. The van der Waals surface area contributed by atoms with Crippen molar-refractivity contribution >= 4 is 23.6 Å². The van der Waals surface area contributed by atoms with E-state index in [1.165, 1.54) is 0 Å². The van der Waals surface area contributed by atoms with Crippen LogP contribution in [0.25, 0.3) is 11.0 Å². The fraction of sp³-hybridized carbons (Fsp3) is 0.350. The zero-order chi connectivity index (χ0) is 19.5. The number of furan rings is 1. The van der Waals surface area contributed by atoms with E-state index in [-0.39, 0.29) is 6.79 Å². The summed E-state index contributed by atoms with van der Waals surface area (Å²) in [6, 6.07) is 7.29. The molecule has 144 valence electrons. The van der Waals surface area contributed by atoms with Gasteiger partial charge in [-0.15, -0.1) is 0 Å². The molecule has 0 atom stereocenters. The van der Waals surface area contributed by atoms with Gasteiger partial charge in [-0.25, -0.2) is 4.98 Å². The number of fused-ring (bicyclic) bond motifs is 2. The maximum absolute atomic E-state index is 6.16. The highest BCUT2D eigenvalue weighted by Crippen LogP contribution is 2.44. The molecule has 28 heavy (non-hydrogen) atoms. The van der Waals surface area contributed by atoms with Gasteiger partial charge in [-0.1, -0.05) is 6.07 Å². The zero-order valence-electron chi connectivity index (χ0n) is 16.1. The third kappa shape index (κ3) is 2.56. The molecule has 0 spiro atoms. The average Bonchev–Trinajstić information content (AvgIpc) is 3.34. The molecule has 0 aliphatic carbocycles. The molecular formula is C20H20BNO6. The fourth-order valence-electron chi connectivity index (χ4n) is 3.28. The van der Waals surface area contributed by atoms with Crippen molar-refractivity contribution in [3.63, 3.8) is 0 Å². The van der Waals surface area contributed by atoms with Crippen molar-refractivity contribution in [2.45, 2.75) is 38.9 Å². The Morgan fingerprint density at radius 3 is 2.50 bits per heavy atom. The molecule has 0 unspecified atom stereocenters.